The Morgan fingerprint density at radius 3 is 2.71 bits per heavy atom. The highest BCUT2D eigenvalue weighted by atomic mass is 16.3. The number of hydrogen-bond donors (Lipinski definition) is 1. The van der Waals surface area contributed by atoms with Crippen molar-refractivity contribution in [2.75, 3.05) is 0 Å². The number of aliphatic hydroxyl groups is 1. The molecule has 0 radical (unpaired) electrons. The van der Waals surface area contributed by atoms with Crippen molar-refractivity contribution in [2.24, 2.45) is 5.92 Å². The normalized spacial score (nSPS) is 21.4. The van der Waals surface area contributed by atoms with E-state index in [9.17, 15) is 5.11 Å². The van der Waals surface area contributed by atoms with Crippen molar-refractivity contribution < 1.29 is 5.11 Å². The summed E-state index contributed by atoms with van der Waals surface area (Å²) in [6, 6.07) is 10.5. The van der Waals surface area contributed by atoms with Gasteiger partial charge in [-0.15, -0.1) is 0 Å². The summed E-state index contributed by atoms with van der Waals surface area (Å²) >= 11 is 0. The molecule has 2 rings (SSSR count). The van der Waals surface area contributed by atoms with Crippen LogP contribution < -0.4 is 0 Å². The van der Waals surface area contributed by atoms with Gasteiger partial charge in [0.1, 0.15) is 0 Å². The molecule has 0 saturated heterocycles. The minimum atomic E-state index is -0.108. The van der Waals surface area contributed by atoms with Crippen LogP contribution in [0, 0.1) is 5.92 Å². The molecule has 0 aliphatic heterocycles. The van der Waals surface area contributed by atoms with Gasteiger partial charge < -0.3 is 5.11 Å². The Bertz CT molecular complexity index is 342. The van der Waals surface area contributed by atoms with Crippen molar-refractivity contribution >= 4 is 0 Å². The molecule has 1 aliphatic rings. The molecule has 0 spiro atoms. The Balaban J connectivity index is 1.69. The third kappa shape index (κ3) is 4.01. The second-order valence-corrected chi connectivity index (χ2v) is 4.99. The fourth-order valence-corrected chi connectivity index (χ4v) is 2.56. The number of aliphatic hydroxyl groups excluding tert-OH is 1. The second kappa shape index (κ2) is 6.61. The van der Waals surface area contributed by atoms with Gasteiger partial charge in [0.05, 0.1) is 6.10 Å². The van der Waals surface area contributed by atoms with Gasteiger partial charge in [-0.2, -0.15) is 0 Å². The fraction of sp³-hybridized carbons (Fsp3) is 0.500. The summed E-state index contributed by atoms with van der Waals surface area (Å²) in [6.45, 7) is 0. The molecule has 1 aromatic carbocycles. The number of aryl methyl sites for hydroxylation is 1. The third-order valence-corrected chi connectivity index (χ3v) is 3.66. The smallest absolute Gasteiger partial charge is 0.0571 e. The largest absolute Gasteiger partial charge is 0.393 e. The van der Waals surface area contributed by atoms with Crippen LogP contribution in [0.5, 0.6) is 0 Å². The minimum Gasteiger partial charge on any atom is -0.393 e. The molecular weight excluding hydrogens is 208 g/mol. The van der Waals surface area contributed by atoms with Crippen LogP contribution >= 0.6 is 0 Å². The zero-order chi connectivity index (χ0) is 11.9. The van der Waals surface area contributed by atoms with Crippen LogP contribution in [0.2, 0.25) is 0 Å². The summed E-state index contributed by atoms with van der Waals surface area (Å²) in [4.78, 5) is 0. The van der Waals surface area contributed by atoms with Gasteiger partial charge in [0.2, 0.25) is 0 Å². The summed E-state index contributed by atoms with van der Waals surface area (Å²) < 4.78 is 0. The Morgan fingerprint density at radius 2 is 2.00 bits per heavy atom. The standard InChI is InChI=1S/C16H22O/c17-16(15-11-5-2-6-12-15)13-7-10-14-8-3-1-4-9-14/h1-5,8-9,15-17H,6-7,10-13H2. The van der Waals surface area contributed by atoms with E-state index in [1.807, 2.05) is 6.07 Å². The molecule has 17 heavy (non-hydrogen) atoms. The van der Waals surface area contributed by atoms with Gasteiger partial charge in [-0.3, -0.25) is 0 Å². The molecule has 1 aliphatic carbocycles. The molecule has 2 unspecified atom stereocenters. The predicted octanol–water partition coefficient (Wildman–Crippen LogP) is 3.73. The molecule has 2 atom stereocenters. The number of rotatable bonds is 5. The maximum Gasteiger partial charge on any atom is 0.0571 e. The molecule has 1 nitrogen and oxygen atoms in total. The maximum absolute atomic E-state index is 10.1. The average molecular weight is 230 g/mol. The summed E-state index contributed by atoms with van der Waals surface area (Å²) in [6.07, 6.45) is 10.8. The number of hydrogen-bond acceptors (Lipinski definition) is 1. The Kier molecular flexibility index (Phi) is 4.81. The first kappa shape index (κ1) is 12.4. The monoisotopic (exact) mass is 230 g/mol. The lowest BCUT2D eigenvalue weighted by atomic mass is 9.87. The molecule has 0 amide bonds. The van der Waals surface area contributed by atoms with Crippen LogP contribution in [-0.4, -0.2) is 11.2 Å². The van der Waals surface area contributed by atoms with Gasteiger partial charge in [-0.1, -0.05) is 42.5 Å². The third-order valence-electron chi connectivity index (χ3n) is 3.66. The second-order valence-electron chi connectivity index (χ2n) is 4.99. The van der Waals surface area contributed by atoms with E-state index < -0.39 is 0 Å². The lowest BCUT2D eigenvalue weighted by Gasteiger charge is -2.23. The van der Waals surface area contributed by atoms with Crippen molar-refractivity contribution in [1.29, 1.82) is 0 Å². The fourth-order valence-electron chi connectivity index (χ4n) is 2.56. The first-order chi connectivity index (χ1) is 8.36. The van der Waals surface area contributed by atoms with Crippen LogP contribution in [0.25, 0.3) is 0 Å². The lowest BCUT2D eigenvalue weighted by Crippen LogP contribution is -2.21. The zero-order valence-corrected chi connectivity index (χ0v) is 10.4. The Hall–Kier alpha value is -1.08. The van der Waals surface area contributed by atoms with Gasteiger partial charge >= 0.3 is 0 Å². The van der Waals surface area contributed by atoms with E-state index >= 15 is 0 Å². The van der Waals surface area contributed by atoms with Gasteiger partial charge in [-0.25, -0.2) is 0 Å². The molecule has 0 bridgehead atoms. The quantitative estimate of drug-likeness (QED) is 0.764. The Labute approximate surface area is 104 Å². The minimum absolute atomic E-state index is 0.108. The first-order valence-electron chi connectivity index (χ1n) is 6.73. The average Bonchev–Trinajstić information content (AvgIpc) is 2.41. The predicted molar refractivity (Wildman–Crippen MR) is 71.9 cm³/mol. The molecule has 1 N–H and O–H groups in total. The SMILES string of the molecule is OC(CCCc1ccccc1)C1CC=CCC1. The van der Waals surface area contributed by atoms with Crippen molar-refractivity contribution in [3.8, 4) is 0 Å². The van der Waals surface area contributed by atoms with E-state index in [0.717, 1.165) is 38.5 Å². The highest BCUT2D eigenvalue weighted by Crippen LogP contribution is 2.24. The van der Waals surface area contributed by atoms with Crippen molar-refractivity contribution in [1.82, 2.24) is 0 Å². The molecule has 1 aromatic rings. The summed E-state index contributed by atoms with van der Waals surface area (Å²) in [5.74, 6) is 0.496. The topological polar surface area (TPSA) is 20.2 Å². The Morgan fingerprint density at radius 1 is 1.18 bits per heavy atom. The van der Waals surface area contributed by atoms with Gasteiger partial charge in [0.15, 0.2) is 0 Å². The van der Waals surface area contributed by atoms with Crippen LogP contribution in [0.3, 0.4) is 0 Å². The first-order valence-corrected chi connectivity index (χ1v) is 6.73. The molecule has 92 valence electrons. The van der Waals surface area contributed by atoms with Crippen molar-refractivity contribution in [3.63, 3.8) is 0 Å². The van der Waals surface area contributed by atoms with Gasteiger partial charge in [-0.05, 0) is 50.0 Å². The summed E-state index contributed by atoms with van der Waals surface area (Å²) in [7, 11) is 0. The van der Waals surface area contributed by atoms with E-state index in [1.54, 1.807) is 0 Å². The van der Waals surface area contributed by atoms with E-state index in [1.165, 1.54) is 5.56 Å². The summed E-state index contributed by atoms with van der Waals surface area (Å²) in [5.41, 5.74) is 1.38. The van der Waals surface area contributed by atoms with Crippen LogP contribution in [0.4, 0.5) is 0 Å². The molecule has 0 saturated carbocycles. The molecule has 1 heteroatoms. The van der Waals surface area contributed by atoms with Crippen LogP contribution in [0.15, 0.2) is 42.5 Å². The van der Waals surface area contributed by atoms with Gasteiger partial charge in [0.25, 0.3) is 0 Å². The van der Waals surface area contributed by atoms with E-state index in [2.05, 4.69) is 36.4 Å². The molecule has 0 fully saturated rings. The molecular formula is C16H22O. The van der Waals surface area contributed by atoms with Crippen molar-refractivity contribution in [2.45, 2.75) is 44.6 Å². The maximum atomic E-state index is 10.1. The number of allylic oxidation sites excluding steroid dienone is 2. The van der Waals surface area contributed by atoms with E-state index in [4.69, 9.17) is 0 Å². The van der Waals surface area contributed by atoms with Crippen LogP contribution in [-0.2, 0) is 6.42 Å². The highest BCUT2D eigenvalue weighted by Gasteiger charge is 2.18. The molecule has 0 heterocycles. The highest BCUT2D eigenvalue weighted by molar-refractivity contribution is 5.14. The lowest BCUT2D eigenvalue weighted by molar-refractivity contribution is 0.0916. The van der Waals surface area contributed by atoms with Crippen molar-refractivity contribution in [3.05, 3.63) is 48.0 Å². The summed E-state index contributed by atoms with van der Waals surface area (Å²) in [5, 5.41) is 10.1. The van der Waals surface area contributed by atoms with Crippen LogP contribution in [0.1, 0.15) is 37.7 Å². The molecule has 0 aromatic heterocycles. The zero-order valence-electron chi connectivity index (χ0n) is 10.4. The van der Waals surface area contributed by atoms with E-state index in [0.29, 0.717) is 5.92 Å². The number of benzene rings is 1. The van der Waals surface area contributed by atoms with E-state index in [-0.39, 0.29) is 6.10 Å². The van der Waals surface area contributed by atoms with Gasteiger partial charge in [0, 0.05) is 0 Å².